The maximum absolute atomic E-state index is 12.0. The lowest BCUT2D eigenvalue weighted by molar-refractivity contribution is -0.116. The van der Waals surface area contributed by atoms with Crippen LogP contribution in [0, 0.1) is 0 Å². The molecular formula is C24H23NO3. The van der Waals surface area contributed by atoms with Crippen LogP contribution in [0.5, 0.6) is 11.5 Å². The fourth-order valence-electron chi connectivity index (χ4n) is 2.67. The third-order valence-electron chi connectivity index (χ3n) is 4.18. The molecule has 0 unspecified atom stereocenters. The Morgan fingerprint density at radius 1 is 0.929 bits per heavy atom. The van der Waals surface area contributed by atoms with Crippen LogP contribution in [0.2, 0.25) is 0 Å². The van der Waals surface area contributed by atoms with Crippen LogP contribution in [0.3, 0.4) is 0 Å². The number of amides is 1. The van der Waals surface area contributed by atoms with Crippen molar-refractivity contribution in [2.45, 2.75) is 13.0 Å². The normalized spacial score (nSPS) is 10.7. The van der Waals surface area contributed by atoms with Gasteiger partial charge < -0.3 is 15.2 Å². The van der Waals surface area contributed by atoms with Crippen molar-refractivity contribution < 1.29 is 14.6 Å². The van der Waals surface area contributed by atoms with E-state index in [-0.39, 0.29) is 11.7 Å². The van der Waals surface area contributed by atoms with E-state index in [0.717, 1.165) is 22.4 Å². The Balaban J connectivity index is 1.46. The van der Waals surface area contributed by atoms with E-state index in [2.05, 4.69) is 5.32 Å². The van der Waals surface area contributed by atoms with Crippen LogP contribution < -0.4 is 10.1 Å². The Hall–Kier alpha value is -3.53. The van der Waals surface area contributed by atoms with Gasteiger partial charge in [0, 0.05) is 12.6 Å². The van der Waals surface area contributed by atoms with Gasteiger partial charge in [0.15, 0.2) is 0 Å². The summed E-state index contributed by atoms with van der Waals surface area (Å²) in [7, 11) is 0. The van der Waals surface area contributed by atoms with Crippen molar-refractivity contribution in [2.24, 2.45) is 0 Å². The number of hydrogen-bond acceptors (Lipinski definition) is 3. The number of carbonyl (C=O) groups excluding carboxylic acids is 1. The predicted octanol–water partition coefficient (Wildman–Crippen LogP) is 4.34. The summed E-state index contributed by atoms with van der Waals surface area (Å²) in [6.07, 6.45) is 4.00. The zero-order valence-electron chi connectivity index (χ0n) is 15.5. The van der Waals surface area contributed by atoms with Gasteiger partial charge in [-0.3, -0.25) is 4.79 Å². The average molecular weight is 373 g/mol. The topological polar surface area (TPSA) is 58.6 Å². The van der Waals surface area contributed by atoms with Crippen molar-refractivity contribution in [3.05, 3.63) is 102 Å². The Bertz CT molecular complexity index is 918. The monoisotopic (exact) mass is 373 g/mol. The molecule has 4 heteroatoms. The van der Waals surface area contributed by atoms with Gasteiger partial charge in [-0.25, -0.2) is 0 Å². The van der Waals surface area contributed by atoms with E-state index < -0.39 is 0 Å². The number of ether oxygens (including phenoxy) is 1. The molecule has 0 aliphatic rings. The van der Waals surface area contributed by atoms with Gasteiger partial charge in [-0.1, -0.05) is 54.6 Å². The van der Waals surface area contributed by atoms with Gasteiger partial charge in [-0.2, -0.15) is 0 Å². The molecule has 142 valence electrons. The zero-order valence-corrected chi connectivity index (χ0v) is 15.5. The van der Waals surface area contributed by atoms with Crippen LogP contribution in [-0.2, 0) is 17.8 Å². The number of benzene rings is 3. The second-order valence-electron chi connectivity index (χ2n) is 6.39. The first-order chi connectivity index (χ1) is 13.7. The Kier molecular flexibility index (Phi) is 6.85. The number of phenols is 1. The highest BCUT2D eigenvalue weighted by atomic mass is 16.5. The number of nitrogens with one attached hydrogen (secondary N) is 1. The summed E-state index contributed by atoms with van der Waals surface area (Å²) < 4.78 is 5.81. The maximum atomic E-state index is 12.0. The minimum atomic E-state index is -0.144. The van der Waals surface area contributed by atoms with Crippen molar-refractivity contribution >= 4 is 12.0 Å². The average Bonchev–Trinajstić information content (AvgIpc) is 2.73. The molecule has 3 aromatic carbocycles. The quantitative estimate of drug-likeness (QED) is 0.578. The third kappa shape index (κ3) is 6.32. The second-order valence-corrected chi connectivity index (χ2v) is 6.39. The summed E-state index contributed by atoms with van der Waals surface area (Å²) in [6.45, 7) is 1.04. The lowest BCUT2D eigenvalue weighted by Gasteiger charge is -2.07. The second kappa shape index (κ2) is 9.97. The minimum absolute atomic E-state index is 0.144. The van der Waals surface area contributed by atoms with E-state index in [1.165, 1.54) is 6.08 Å². The Morgan fingerprint density at radius 2 is 1.71 bits per heavy atom. The molecule has 4 nitrogen and oxygen atoms in total. The van der Waals surface area contributed by atoms with E-state index in [1.54, 1.807) is 18.2 Å². The van der Waals surface area contributed by atoms with Gasteiger partial charge in [0.2, 0.25) is 5.91 Å². The molecule has 1 amide bonds. The summed E-state index contributed by atoms with van der Waals surface area (Å²) in [5, 5.41) is 12.1. The van der Waals surface area contributed by atoms with Gasteiger partial charge in [0.25, 0.3) is 0 Å². The van der Waals surface area contributed by atoms with E-state index in [9.17, 15) is 9.90 Å². The first-order valence-electron chi connectivity index (χ1n) is 9.20. The molecule has 0 bridgehead atoms. The summed E-state index contributed by atoms with van der Waals surface area (Å²) in [4.78, 5) is 12.0. The molecule has 0 saturated heterocycles. The van der Waals surface area contributed by atoms with Crippen LogP contribution in [-0.4, -0.2) is 17.6 Å². The van der Waals surface area contributed by atoms with Crippen molar-refractivity contribution in [1.29, 1.82) is 0 Å². The van der Waals surface area contributed by atoms with Crippen LogP contribution in [0.25, 0.3) is 6.08 Å². The lowest BCUT2D eigenvalue weighted by atomic mass is 10.1. The third-order valence-corrected chi connectivity index (χ3v) is 4.18. The largest absolute Gasteiger partial charge is 0.508 e. The molecule has 28 heavy (non-hydrogen) atoms. The molecule has 3 aromatic rings. The lowest BCUT2D eigenvalue weighted by Crippen LogP contribution is -2.23. The highest BCUT2D eigenvalue weighted by Gasteiger charge is 1.99. The summed E-state index contributed by atoms with van der Waals surface area (Å²) >= 11 is 0. The number of phenolic OH excluding ortho intramolecular Hbond substituents is 1. The van der Waals surface area contributed by atoms with Gasteiger partial charge in [0.05, 0.1) is 0 Å². The van der Waals surface area contributed by atoms with Crippen molar-refractivity contribution in [3.63, 3.8) is 0 Å². The number of hydrogen-bond donors (Lipinski definition) is 2. The molecule has 0 aromatic heterocycles. The van der Waals surface area contributed by atoms with Gasteiger partial charge in [-0.05, 0) is 53.5 Å². The minimum Gasteiger partial charge on any atom is -0.508 e. The number of rotatable bonds is 8. The molecule has 0 radical (unpaired) electrons. The molecule has 0 spiro atoms. The Morgan fingerprint density at radius 3 is 2.50 bits per heavy atom. The van der Waals surface area contributed by atoms with Crippen LogP contribution >= 0.6 is 0 Å². The van der Waals surface area contributed by atoms with E-state index >= 15 is 0 Å². The van der Waals surface area contributed by atoms with Gasteiger partial charge in [0.1, 0.15) is 18.1 Å². The predicted molar refractivity (Wildman–Crippen MR) is 111 cm³/mol. The summed E-state index contributed by atoms with van der Waals surface area (Å²) in [6, 6.07) is 24.6. The molecular weight excluding hydrogens is 350 g/mol. The fourth-order valence-corrected chi connectivity index (χ4v) is 2.67. The highest BCUT2D eigenvalue weighted by molar-refractivity contribution is 5.91. The molecule has 0 atom stereocenters. The van der Waals surface area contributed by atoms with Crippen LogP contribution in [0.4, 0.5) is 0 Å². The molecule has 0 aliphatic carbocycles. The fraction of sp³-hybridized carbons (Fsp3) is 0.125. The standard InChI is InChI=1S/C24H23NO3/c26-22-12-9-19(10-13-22)15-16-25-24(27)14-11-20-7-4-8-23(17-20)28-18-21-5-2-1-3-6-21/h1-14,17,26H,15-16,18H2,(H,25,27)/b14-11+. The first kappa shape index (κ1) is 19.2. The van der Waals surface area contributed by atoms with Gasteiger partial charge >= 0.3 is 0 Å². The van der Waals surface area contributed by atoms with Crippen LogP contribution in [0.1, 0.15) is 16.7 Å². The maximum Gasteiger partial charge on any atom is 0.244 e. The molecule has 0 fully saturated rings. The molecule has 3 rings (SSSR count). The smallest absolute Gasteiger partial charge is 0.244 e. The summed E-state index contributed by atoms with van der Waals surface area (Å²) in [5.74, 6) is 0.860. The molecule has 0 saturated carbocycles. The van der Waals surface area contributed by atoms with E-state index in [4.69, 9.17) is 4.74 Å². The zero-order chi connectivity index (χ0) is 19.6. The van der Waals surface area contributed by atoms with Crippen molar-refractivity contribution in [2.75, 3.05) is 6.54 Å². The summed E-state index contributed by atoms with van der Waals surface area (Å²) in [5.41, 5.74) is 3.07. The molecule has 2 N–H and O–H groups in total. The van der Waals surface area contributed by atoms with E-state index in [0.29, 0.717) is 19.6 Å². The van der Waals surface area contributed by atoms with Crippen molar-refractivity contribution in [1.82, 2.24) is 5.32 Å². The highest BCUT2D eigenvalue weighted by Crippen LogP contribution is 2.16. The first-order valence-corrected chi connectivity index (χ1v) is 9.20. The van der Waals surface area contributed by atoms with E-state index in [1.807, 2.05) is 66.7 Å². The van der Waals surface area contributed by atoms with Gasteiger partial charge in [-0.15, -0.1) is 0 Å². The SMILES string of the molecule is O=C(/C=C/c1cccc(OCc2ccccc2)c1)NCCc1ccc(O)cc1. The molecule has 0 heterocycles. The Labute approximate surface area is 165 Å². The number of aromatic hydroxyl groups is 1. The van der Waals surface area contributed by atoms with Crippen molar-refractivity contribution in [3.8, 4) is 11.5 Å². The van der Waals surface area contributed by atoms with Crippen LogP contribution in [0.15, 0.2) is 84.9 Å². The number of carbonyl (C=O) groups is 1. The molecule has 0 aliphatic heterocycles.